The lowest BCUT2D eigenvalue weighted by Crippen LogP contribution is -2.09. The van der Waals surface area contributed by atoms with Crippen LogP contribution in [0.1, 0.15) is 40.8 Å². The molecular weight excluding hydrogens is 284 g/mol. The van der Waals surface area contributed by atoms with E-state index in [0.29, 0.717) is 11.6 Å². The number of hydrogen-bond donors (Lipinski definition) is 2. The molecule has 0 radical (unpaired) electrons. The molecule has 0 aliphatic heterocycles. The van der Waals surface area contributed by atoms with Crippen molar-refractivity contribution in [2.75, 3.05) is 11.5 Å². The summed E-state index contributed by atoms with van der Waals surface area (Å²) in [6.45, 7) is 6.07. The summed E-state index contributed by atoms with van der Waals surface area (Å²) in [5.74, 6) is 1.40. The minimum atomic E-state index is 0.560. The maximum Gasteiger partial charge on any atom is 0.129 e. The van der Waals surface area contributed by atoms with Crippen LogP contribution in [-0.2, 0) is 19.3 Å². The maximum absolute atomic E-state index is 6.26. The largest absolute Gasteiger partial charge is 0.398 e. The van der Waals surface area contributed by atoms with Gasteiger partial charge in [-0.1, -0.05) is 25.1 Å². The standard InChI is InChI=1S/C19H24N4/c1-11-4-6-15-9-14(10-17(20)16(15)8-11)5-7-18-22-12(2)19(21)13(3)23-18/h4,6,9-11H,5,7-8,20-21H2,1-3H3. The monoisotopic (exact) mass is 308 g/mol. The molecule has 0 spiro atoms. The molecular formula is C19H24N4. The van der Waals surface area contributed by atoms with Crippen molar-refractivity contribution < 1.29 is 0 Å². The van der Waals surface area contributed by atoms with Gasteiger partial charge in [0.05, 0.1) is 17.1 Å². The fourth-order valence-electron chi connectivity index (χ4n) is 3.13. The molecule has 0 bridgehead atoms. The number of rotatable bonds is 3. The van der Waals surface area contributed by atoms with E-state index in [0.717, 1.165) is 42.2 Å². The molecule has 3 rings (SSSR count). The lowest BCUT2D eigenvalue weighted by Gasteiger charge is -2.19. The molecule has 0 saturated heterocycles. The van der Waals surface area contributed by atoms with Crippen LogP contribution in [0.2, 0.25) is 0 Å². The average molecular weight is 308 g/mol. The van der Waals surface area contributed by atoms with Gasteiger partial charge >= 0.3 is 0 Å². The fraction of sp³-hybridized carbons (Fsp3) is 0.368. The van der Waals surface area contributed by atoms with E-state index in [1.165, 1.54) is 16.7 Å². The second-order valence-electron chi connectivity index (χ2n) is 6.52. The number of allylic oxidation sites excluding steroid dienone is 1. The van der Waals surface area contributed by atoms with Gasteiger partial charge in [0.1, 0.15) is 5.82 Å². The molecule has 1 unspecified atom stereocenters. The molecule has 4 nitrogen and oxygen atoms in total. The average Bonchev–Trinajstić information content (AvgIpc) is 2.51. The summed E-state index contributed by atoms with van der Waals surface area (Å²) in [7, 11) is 0. The van der Waals surface area contributed by atoms with E-state index >= 15 is 0 Å². The van der Waals surface area contributed by atoms with E-state index < -0.39 is 0 Å². The Morgan fingerprint density at radius 2 is 1.78 bits per heavy atom. The predicted octanol–water partition coefficient (Wildman–Crippen LogP) is 3.25. The number of anilines is 2. The molecule has 0 saturated carbocycles. The van der Waals surface area contributed by atoms with Gasteiger partial charge in [-0.05, 0) is 55.4 Å². The summed E-state index contributed by atoms with van der Waals surface area (Å²) < 4.78 is 0. The van der Waals surface area contributed by atoms with E-state index in [2.05, 4.69) is 41.2 Å². The highest BCUT2D eigenvalue weighted by Gasteiger charge is 2.14. The Bertz CT molecular complexity index is 754. The smallest absolute Gasteiger partial charge is 0.129 e. The molecule has 120 valence electrons. The van der Waals surface area contributed by atoms with Gasteiger partial charge in [-0.15, -0.1) is 0 Å². The fourth-order valence-corrected chi connectivity index (χ4v) is 3.13. The summed E-state index contributed by atoms with van der Waals surface area (Å²) in [6.07, 6.45) is 7.14. The first-order valence-electron chi connectivity index (χ1n) is 8.13. The zero-order valence-corrected chi connectivity index (χ0v) is 14.1. The Kier molecular flexibility index (Phi) is 4.07. The normalized spacial score (nSPS) is 16.4. The molecule has 1 heterocycles. The lowest BCUT2D eigenvalue weighted by molar-refractivity contribution is 0.718. The van der Waals surface area contributed by atoms with Crippen molar-refractivity contribution in [3.63, 3.8) is 0 Å². The van der Waals surface area contributed by atoms with E-state index in [1.807, 2.05) is 13.8 Å². The van der Waals surface area contributed by atoms with Gasteiger partial charge in [-0.2, -0.15) is 0 Å². The van der Waals surface area contributed by atoms with Crippen molar-refractivity contribution in [3.05, 3.63) is 52.1 Å². The first kappa shape index (κ1) is 15.5. The van der Waals surface area contributed by atoms with Gasteiger partial charge in [0.15, 0.2) is 0 Å². The van der Waals surface area contributed by atoms with Crippen molar-refractivity contribution in [3.8, 4) is 0 Å². The Balaban J connectivity index is 1.80. The van der Waals surface area contributed by atoms with Crippen LogP contribution in [0.15, 0.2) is 18.2 Å². The summed E-state index contributed by atoms with van der Waals surface area (Å²) in [5.41, 5.74) is 19.2. The third-order valence-electron chi connectivity index (χ3n) is 4.52. The molecule has 1 atom stereocenters. The van der Waals surface area contributed by atoms with Crippen LogP contribution >= 0.6 is 0 Å². The molecule has 23 heavy (non-hydrogen) atoms. The SMILES string of the molecule is Cc1nc(CCc2cc(N)c3c(c2)C=CC(C)C3)nc(C)c1N. The number of hydrogen-bond acceptors (Lipinski definition) is 4. The molecule has 2 aromatic rings. The highest BCUT2D eigenvalue weighted by molar-refractivity contribution is 5.66. The third kappa shape index (κ3) is 3.21. The Hall–Kier alpha value is -2.36. The lowest BCUT2D eigenvalue weighted by atomic mass is 9.88. The van der Waals surface area contributed by atoms with Crippen LogP contribution in [0.5, 0.6) is 0 Å². The minimum absolute atomic E-state index is 0.560. The molecule has 1 aromatic heterocycles. The van der Waals surface area contributed by atoms with E-state index in [-0.39, 0.29) is 0 Å². The van der Waals surface area contributed by atoms with Crippen molar-refractivity contribution in [1.29, 1.82) is 0 Å². The van der Waals surface area contributed by atoms with Crippen LogP contribution < -0.4 is 11.5 Å². The van der Waals surface area contributed by atoms with Crippen molar-refractivity contribution in [1.82, 2.24) is 9.97 Å². The van der Waals surface area contributed by atoms with Crippen LogP contribution in [0.25, 0.3) is 6.08 Å². The van der Waals surface area contributed by atoms with Gasteiger partial charge in [0.2, 0.25) is 0 Å². The van der Waals surface area contributed by atoms with E-state index in [1.54, 1.807) is 0 Å². The number of fused-ring (bicyclic) bond motifs is 1. The highest BCUT2D eigenvalue weighted by atomic mass is 14.9. The Morgan fingerprint density at radius 3 is 2.48 bits per heavy atom. The van der Waals surface area contributed by atoms with Gasteiger partial charge in [-0.3, -0.25) is 0 Å². The second kappa shape index (κ2) is 6.03. The number of benzene rings is 1. The first-order valence-corrected chi connectivity index (χ1v) is 8.13. The summed E-state index contributed by atoms with van der Waals surface area (Å²) in [4.78, 5) is 8.97. The quantitative estimate of drug-likeness (QED) is 0.853. The van der Waals surface area contributed by atoms with Crippen molar-refractivity contribution in [2.45, 2.75) is 40.0 Å². The second-order valence-corrected chi connectivity index (χ2v) is 6.52. The Morgan fingerprint density at radius 1 is 1.09 bits per heavy atom. The summed E-state index contributed by atoms with van der Waals surface area (Å²) in [5, 5.41) is 0. The number of aryl methyl sites for hydroxylation is 4. The topological polar surface area (TPSA) is 77.8 Å². The maximum atomic E-state index is 6.26. The molecule has 0 fully saturated rings. The van der Waals surface area contributed by atoms with Crippen molar-refractivity contribution >= 4 is 17.5 Å². The van der Waals surface area contributed by atoms with Crippen LogP contribution in [-0.4, -0.2) is 9.97 Å². The Labute approximate surface area is 137 Å². The number of aromatic nitrogens is 2. The molecule has 4 heteroatoms. The molecule has 0 amide bonds. The molecule has 1 aromatic carbocycles. The number of nitrogens with zero attached hydrogens (tertiary/aromatic N) is 2. The van der Waals surface area contributed by atoms with E-state index in [4.69, 9.17) is 11.5 Å². The zero-order valence-electron chi connectivity index (χ0n) is 14.1. The summed E-state index contributed by atoms with van der Waals surface area (Å²) in [6, 6.07) is 4.34. The van der Waals surface area contributed by atoms with Crippen LogP contribution in [0, 0.1) is 19.8 Å². The predicted molar refractivity (Wildman–Crippen MR) is 96.1 cm³/mol. The highest BCUT2D eigenvalue weighted by Crippen LogP contribution is 2.29. The van der Waals surface area contributed by atoms with Crippen LogP contribution in [0.4, 0.5) is 11.4 Å². The minimum Gasteiger partial charge on any atom is -0.398 e. The number of nitrogen functional groups attached to an aromatic ring is 2. The van der Waals surface area contributed by atoms with Crippen molar-refractivity contribution in [2.24, 2.45) is 5.92 Å². The molecule has 1 aliphatic rings. The van der Waals surface area contributed by atoms with Gasteiger partial charge < -0.3 is 11.5 Å². The van der Waals surface area contributed by atoms with Gasteiger partial charge in [-0.25, -0.2) is 9.97 Å². The number of nitrogens with two attached hydrogens (primary N) is 2. The van der Waals surface area contributed by atoms with Gasteiger partial charge in [0.25, 0.3) is 0 Å². The summed E-state index contributed by atoms with van der Waals surface area (Å²) >= 11 is 0. The van der Waals surface area contributed by atoms with Crippen LogP contribution in [0.3, 0.4) is 0 Å². The third-order valence-corrected chi connectivity index (χ3v) is 4.52. The molecule has 4 N–H and O–H groups in total. The molecule has 1 aliphatic carbocycles. The first-order chi connectivity index (χ1) is 10.9. The zero-order chi connectivity index (χ0) is 16.6. The van der Waals surface area contributed by atoms with Gasteiger partial charge in [0, 0.05) is 12.1 Å². The van der Waals surface area contributed by atoms with E-state index in [9.17, 15) is 0 Å².